The number of methoxy groups -OCH3 is 1. The number of nitrogens with zero attached hydrogens (tertiary/aromatic N) is 1. The van der Waals surface area contributed by atoms with Gasteiger partial charge < -0.3 is 14.8 Å². The quantitative estimate of drug-likeness (QED) is 0.908. The summed E-state index contributed by atoms with van der Waals surface area (Å²) in [7, 11) is 1.67. The van der Waals surface area contributed by atoms with Crippen molar-refractivity contribution in [2.45, 2.75) is 19.6 Å². The summed E-state index contributed by atoms with van der Waals surface area (Å²) < 4.78 is 11.3. The average Bonchev–Trinajstić information content (AvgIpc) is 2.63. The van der Waals surface area contributed by atoms with Crippen molar-refractivity contribution in [1.82, 2.24) is 4.90 Å². The highest BCUT2D eigenvalue weighted by atomic mass is 16.5. The van der Waals surface area contributed by atoms with Crippen LogP contribution in [-0.2, 0) is 16.1 Å². The van der Waals surface area contributed by atoms with E-state index in [1.165, 1.54) is 6.92 Å². The lowest BCUT2D eigenvalue weighted by atomic mass is 10.1. The van der Waals surface area contributed by atoms with Crippen LogP contribution in [-0.4, -0.2) is 37.6 Å². The Bertz CT molecular complexity index is 732. The molecular formula is C20H24N2O3. The van der Waals surface area contributed by atoms with Gasteiger partial charge in [0.05, 0.1) is 19.8 Å². The Hall–Kier alpha value is -2.37. The molecule has 1 fully saturated rings. The Kier molecular flexibility index (Phi) is 5.68. The maximum atomic E-state index is 11.4. The fourth-order valence-electron chi connectivity index (χ4n) is 3.10. The van der Waals surface area contributed by atoms with Crippen LogP contribution in [0.15, 0.2) is 48.5 Å². The van der Waals surface area contributed by atoms with Crippen LogP contribution in [0, 0.1) is 0 Å². The van der Waals surface area contributed by atoms with Gasteiger partial charge >= 0.3 is 0 Å². The van der Waals surface area contributed by atoms with Crippen LogP contribution in [0.3, 0.4) is 0 Å². The molecule has 1 aliphatic rings. The van der Waals surface area contributed by atoms with Crippen LogP contribution in [0.2, 0.25) is 0 Å². The van der Waals surface area contributed by atoms with Gasteiger partial charge in [0.25, 0.3) is 0 Å². The van der Waals surface area contributed by atoms with Gasteiger partial charge in [-0.1, -0.05) is 30.3 Å². The predicted molar refractivity (Wildman–Crippen MR) is 97.7 cm³/mol. The summed E-state index contributed by atoms with van der Waals surface area (Å²) in [5.74, 6) is 0.790. The molecule has 1 amide bonds. The van der Waals surface area contributed by atoms with E-state index in [9.17, 15) is 4.79 Å². The zero-order valence-electron chi connectivity index (χ0n) is 14.7. The number of benzene rings is 2. The number of nitrogens with one attached hydrogen (secondary N) is 1. The highest BCUT2D eigenvalue weighted by Gasteiger charge is 2.23. The van der Waals surface area contributed by atoms with E-state index in [2.05, 4.69) is 22.3 Å². The number of morpholine rings is 1. The maximum Gasteiger partial charge on any atom is 0.221 e. The number of anilines is 1. The van der Waals surface area contributed by atoms with E-state index in [1.54, 1.807) is 7.11 Å². The zero-order valence-corrected chi connectivity index (χ0v) is 14.7. The van der Waals surface area contributed by atoms with Crippen molar-refractivity contribution < 1.29 is 14.3 Å². The Labute approximate surface area is 148 Å². The van der Waals surface area contributed by atoms with Crippen molar-refractivity contribution in [3.63, 3.8) is 0 Å². The number of carbonyl (C=O) groups is 1. The highest BCUT2D eigenvalue weighted by Crippen LogP contribution is 2.27. The second kappa shape index (κ2) is 8.14. The summed E-state index contributed by atoms with van der Waals surface area (Å²) >= 11 is 0. The van der Waals surface area contributed by atoms with Crippen molar-refractivity contribution >= 4 is 11.6 Å². The lowest BCUT2D eigenvalue weighted by Gasteiger charge is -2.33. The summed E-state index contributed by atoms with van der Waals surface area (Å²) in [6.07, 6.45) is 0.0248. The maximum absolute atomic E-state index is 11.4. The molecule has 1 saturated heterocycles. The normalized spacial score (nSPS) is 17.9. The topological polar surface area (TPSA) is 50.8 Å². The van der Waals surface area contributed by atoms with Crippen molar-refractivity contribution in [2.75, 3.05) is 32.1 Å². The Morgan fingerprint density at radius 1 is 1.28 bits per heavy atom. The molecule has 3 rings (SSSR count). The number of carbonyl (C=O) groups excluding carboxylic acids is 1. The molecule has 1 atom stereocenters. The van der Waals surface area contributed by atoms with Gasteiger partial charge in [0.1, 0.15) is 5.75 Å². The van der Waals surface area contributed by atoms with E-state index in [1.807, 2.05) is 36.4 Å². The summed E-state index contributed by atoms with van der Waals surface area (Å²) in [5, 5.41) is 2.91. The molecule has 0 saturated carbocycles. The summed E-state index contributed by atoms with van der Waals surface area (Å²) in [4.78, 5) is 13.8. The second-order valence-electron chi connectivity index (χ2n) is 6.21. The number of amides is 1. The van der Waals surface area contributed by atoms with Gasteiger partial charge in [0.15, 0.2) is 0 Å². The minimum Gasteiger partial charge on any atom is -0.497 e. The fraction of sp³-hybridized carbons (Fsp3) is 0.350. The molecule has 0 spiro atoms. The van der Waals surface area contributed by atoms with Crippen LogP contribution in [0.25, 0.3) is 0 Å². The van der Waals surface area contributed by atoms with Gasteiger partial charge in [0, 0.05) is 32.2 Å². The van der Waals surface area contributed by atoms with Crippen molar-refractivity contribution in [2.24, 2.45) is 0 Å². The van der Waals surface area contributed by atoms with E-state index >= 15 is 0 Å². The van der Waals surface area contributed by atoms with E-state index < -0.39 is 0 Å². The van der Waals surface area contributed by atoms with Gasteiger partial charge in [-0.25, -0.2) is 0 Å². The molecule has 2 aromatic carbocycles. The van der Waals surface area contributed by atoms with E-state index in [0.717, 1.165) is 42.2 Å². The Morgan fingerprint density at radius 3 is 2.92 bits per heavy atom. The van der Waals surface area contributed by atoms with Crippen molar-refractivity contribution in [3.8, 4) is 5.75 Å². The SMILES string of the molecule is COc1cccc([C@@H]2CN(Cc3ccccc3NC(C)=O)CCO2)c1. The molecule has 1 aliphatic heterocycles. The number of hydrogen-bond acceptors (Lipinski definition) is 4. The van der Waals surface area contributed by atoms with Gasteiger partial charge in [-0.15, -0.1) is 0 Å². The standard InChI is InChI=1S/C20H24N2O3/c1-15(23)21-19-9-4-3-6-17(19)13-22-10-11-25-20(14-22)16-7-5-8-18(12-16)24-2/h3-9,12,20H,10-11,13-14H2,1-2H3,(H,21,23)/t20-/m0/s1. The molecule has 1 N–H and O–H groups in total. The van der Waals surface area contributed by atoms with Crippen LogP contribution < -0.4 is 10.1 Å². The Morgan fingerprint density at radius 2 is 2.12 bits per heavy atom. The van der Waals surface area contributed by atoms with Crippen LogP contribution in [0.1, 0.15) is 24.2 Å². The number of hydrogen-bond donors (Lipinski definition) is 1. The monoisotopic (exact) mass is 340 g/mol. The van der Waals surface area contributed by atoms with Gasteiger partial charge in [0.2, 0.25) is 5.91 Å². The largest absolute Gasteiger partial charge is 0.497 e. The third kappa shape index (κ3) is 4.59. The molecule has 0 aliphatic carbocycles. The summed E-state index contributed by atoms with van der Waals surface area (Å²) in [6.45, 7) is 4.67. The molecule has 132 valence electrons. The third-order valence-electron chi connectivity index (χ3n) is 4.34. The molecular weight excluding hydrogens is 316 g/mol. The molecule has 0 unspecified atom stereocenters. The van der Waals surface area contributed by atoms with Crippen molar-refractivity contribution in [1.29, 1.82) is 0 Å². The third-order valence-corrected chi connectivity index (χ3v) is 4.34. The van der Waals surface area contributed by atoms with Crippen LogP contribution in [0.4, 0.5) is 5.69 Å². The average molecular weight is 340 g/mol. The van der Waals surface area contributed by atoms with E-state index in [-0.39, 0.29) is 12.0 Å². The highest BCUT2D eigenvalue weighted by molar-refractivity contribution is 5.89. The lowest BCUT2D eigenvalue weighted by molar-refractivity contribution is -0.114. The lowest BCUT2D eigenvalue weighted by Crippen LogP contribution is -2.38. The van der Waals surface area contributed by atoms with Crippen molar-refractivity contribution in [3.05, 3.63) is 59.7 Å². The first-order valence-electron chi connectivity index (χ1n) is 8.49. The molecule has 5 heteroatoms. The zero-order chi connectivity index (χ0) is 17.6. The molecule has 0 radical (unpaired) electrons. The minimum absolute atomic E-state index is 0.0248. The molecule has 5 nitrogen and oxygen atoms in total. The number of ether oxygens (including phenoxy) is 2. The second-order valence-corrected chi connectivity index (χ2v) is 6.21. The van der Waals surface area contributed by atoms with Gasteiger partial charge in [-0.3, -0.25) is 9.69 Å². The van der Waals surface area contributed by atoms with Gasteiger partial charge in [-0.2, -0.15) is 0 Å². The number of rotatable bonds is 5. The van der Waals surface area contributed by atoms with Crippen LogP contribution in [0.5, 0.6) is 5.75 Å². The van der Waals surface area contributed by atoms with Crippen LogP contribution >= 0.6 is 0 Å². The molecule has 0 aromatic heterocycles. The van der Waals surface area contributed by atoms with Gasteiger partial charge in [-0.05, 0) is 29.3 Å². The summed E-state index contributed by atoms with van der Waals surface area (Å²) in [6, 6.07) is 16.0. The van der Waals surface area contributed by atoms with E-state index in [0.29, 0.717) is 6.61 Å². The summed E-state index contributed by atoms with van der Waals surface area (Å²) in [5.41, 5.74) is 3.11. The smallest absolute Gasteiger partial charge is 0.221 e. The first kappa shape index (κ1) is 17.5. The number of para-hydroxylation sites is 1. The Balaban J connectivity index is 1.71. The molecule has 2 aromatic rings. The van der Waals surface area contributed by atoms with E-state index in [4.69, 9.17) is 9.47 Å². The first-order chi connectivity index (χ1) is 12.2. The molecule has 0 bridgehead atoms. The minimum atomic E-state index is -0.0521. The molecule has 1 heterocycles. The fourth-order valence-corrected chi connectivity index (χ4v) is 3.10. The first-order valence-corrected chi connectivity index (χ1v) is 8.49. The predicted octanol–water partition coefficient (Wildman–Crippen LogP) is 3.23. The molecule has 25 heavy (non-hydrogen) atoms.